The fraction of sp³-hybridized carbons (Fsp3) is 0.333. The number of carbonyl (C=O) groups excluding carboxylic acids is 2. The van der Waals surface area contributed by atoms with Crippen LogP contribution in [0.2, 0.25) is 0 Å². The predicted molar refractivity (Wildman–Crippen MR) is 117 cm³/mol. The highest BCUT2D eigenvalue weighted by Crippen LogP contribution is 2.35. The summed E-state index contributed by atoms with van der Waals surface area (Å²) in [5.74, 6) is -1.83. The fourth-order valence-corrected chi connectivity index (χ4v) is 3.72. The highest BCUT2D eigenvalue weighted by Gasteiger charge is 2.38. The van der Waals surface area contributed by atoms with Crippen molar-refractivity contribution in [2.45, 2.75) is 31.8 Å². The van der Waals surface area contributed by atoms with E-state index >= 15 is 0 Å². The van der Waals surface area contributed by atoms with Gasteiger partial charge in [0.2, 0.25) is 0 Å². The Hall–Kier alpha value is -3.88. The molecule has 1 aromatic heterocycles. The van der Waals surface area contributed by atoms with E-state index in [0.717, 1.165) is 11.3 Å². The molecule has 9 nitrogen and oxygen atoms in total. The molecule has 2 amide bonds. The molecule has 3 N–H and O–H groups in total. The Labute approximate surface area is 190 Å². The number of pyridine rings is 1. The Morgan fingerprint density at radius 2 is 1.94 bits per heavy atom. The van der Waals surface area contributed by atoms with Gasteiger partial charge < -0.3 is 25.2 Å². The molecule has 1 aromatic carbocycles. The van der Waals surface area contributed by atoms with E-state index in [2.05, 4.69) is 10.3 Å². The molecule has 1 atom stereocenters. The van der Waals surface area contributed by atoms with Gasteiger partial charge in [-0.25, -0.2) is 0 Å². The zero-order chi connectivity index (χ0) is 23.4. The van der Waals surface area contributed by atoms with Gasteiger partial charge in [-0.1, -0.05) is 18.2 Å². The van der Waals surface area contributed by atoms with Gasteiger partial charge in [-0.15, -0.1) is 0 Å². The van der Waals surface area contributed by atoms with E-state index in [0.29, 0.717) is 18.1 Å². The maximum absolute atomic E-state index is 13.3. The van der Waals surface area contributed by atoms with Gasteiger partial charge in [0.1, 0.15) is 23.6 Å². The number of carbonyl (C=O) groups is 3. The maximum atomic E-state index is 13.3. The van der Waals surface area contributed by atoms with Crippen LogP contribution >= 0.6 is 0 Å². The summed E-state index contributed by atoms with van der Waals surface area (Å²) < 4.78 is 5.77. The zero-order valence-electron chi connectivity index (χ0n) is 17.9. The van der Waals surface area contributed by atoms with Crippen LogP contribution in [0.1, 0.15) is 36.4 Å². The van der Waals surface area contributed by atoms with Crippen LogP contribution in [0.3, 0.4) is 0 Å². The molecule has 9 heteroatoms. The number of carboxylic acid groups (broad SMARTS) is 1. The number of hydrogen-bond acceptors (Lipinski definition) is 6. The second-order valence-electron chi connectivity index (χ2n) is 8.24. The number of hydrogen-bond donors (Lipinski definition) is 3. The summed E-state index contributed by atoms with van der Waals surface area (Å²) in [5, 5.41) is 21.5. The summed E-state index contributed by atoms with van der Waals surface area (Å²) in [6.45, 7) is 0.230. The molecule has 172 valence electrons. The summed E-state index contributed by atoms with van der Waals surface area (Å²) >= 11 is 0. The molecule has 1 fully saturated rings. The fourth-order valence-electron chi connectivity index (χ4n) is 3.72. The standard InChI is InChI=1S/C24H25N3O6/c28-20-10-19(17-2-1-9-25-11-17)27(24(32)22(20)23(31)26-12-21(29)30)13-15-5-7-18(8-6-15)33-14-16-3-4-16/h1-2,5-9,11,16,19,28H,3-4,10,12-14H2,(H,26,31)(H,29,30)/t19-/m1/s1. The van der Waals surface area contributed by atoms with Crippen molar-refractivity contribution in [2.24, 2.45) is 5.92 Å². The number of amides is 2. The van der Waals surface area contributed by atoms with Crippen molar-refractivity contribution in [2.75, 3.05) is 13.2 Å². The van der Waals surface area contributed by atoms with Crippen LogP contribution in [0, 0.1) is 5.92 Å². The first-order valence-electron chi connectivity index (χ1n) is 10.8. The van der Waals surface area contributed by atoms with Crippen molar-refractivity contribution >= 4 is 17.8 Å². The SMILES string of the molecule is O=C(O)CNC(=O)C1=C(O)C[C@H](c2cccnc2)N(Cc2ccc(OCC3CC3)cc2)C1=O. The van der Waals surface area contributed by atoms with Gasteiger partial charge >= 0.3 is 5.97 Å². The van der Waals surface area contributed by atoms with E-state index in [1.54, 1.807) is 24.5 Å². The maximum Gasteiger partial charge on any atom is 0.322 e. The van der Waals surface area contributed by atoms with Crippen molar-refractivity contribution in [3.63, 3.8) is 0 Å². The normalized spacial score (nSPS) is 18.2. The number of aliphatic hydroxyl groups is 1. The third-order valence-electron chi connectivity index (χ3n) is 5.68. The number of aliphatic carboxylic acids is 1. The molecule has 0 bridgehead atoms. The minimum atomic E-state index is -1.25. The Balaban J connectivity index is 1.57. The van der Waals surface area contributed by atoms with Crippen molar-refractivity contribution < 1.29 is 29.3 Å². The molecular formula is C24H25N3O6. The molecule has 1 aliphatic carbocycles. The van der Waals surface area contributed by atoms with Crippen LogP contribution in [-0.4, -0.2) is 51.0 Å². The first kappa shape index (κ1) is 22.3. The minimum Gasteiger partial charge on any atom is -0.511 e. The lowest BCUT2D eigenvalue weighted by atomic mass is 9.93. The first-order valence-corrected chi connectivity index (χ1v) is 10.8. The van der Waals surface area contributed by atoms with Gasteiger partial charge in [-0.2, -0.15) is 0 Å². The number of aromatic nitrogens is 1. The number of nitrogens with one attached hydrogen (secondary N) is 1. The van der Waals surface area contributed by atoms with Crippen molar-refractivity contribution in [1.82, 2.24) is 15.2 Å². The van der Waals surface area contributed by atoms with E-state index in [9.17, 15) is 19.5 Å². The van der Waals surface area contributed by atoms with Crippen LogP contribution in [-0.2, 0) is 20.9 Å². The quantitative estimate of drug-likeness (QED) is 0.499. The van der Waals surface area contributed by atoms with Crippen LogP contribution in [0.25, 0.3) is 0 Å². The van der Waals surface area contributed by atoms with Gasteiger partial charge in [-0.3, -0.25) is 19.4 Å². The number of benzene rings is 1. The van der Waals surface area contributed by atoms with Gasteiger partial charge in [0.15, 0.2) is 0 Å². The summed E-state index contributed by atoms with van der Waals surface area (Å²) in [5.41, 5.74) is 1.09. The second kappa shape index (κ2) is 9.72. The largest absolute Gasteiger partial charge is 0.511 e. The molecule has 2 heterocycles. The molecule has 33 heavy (non-hydrogen) atoms. The molecule has 1 saturated carbocycles. The van der Waals surface area contributed by atoms with Crippen LogP contribution in [0.15, 0.2) is 60.1 Å². The number of ether oxygens (including phenoxy) is 1. The topological polar surface area (TPSA) is 129 Å². The average molecular weight is 451 g/mol. The van der Waals surface area contributed by atoms with Gasteiger partial charge in [-0.05, 0) is 48.1 Å². The van der Waals surface area contributed by atoms with Crippen LogP contribution in [0.5, 0.6) is 5.75 Å². The Morgan fingerprint density at radius 1 is 1.18 bits per heavy atom. The summed E-state index contributed by atoms with van der Waals surface area (Å²) in [7, 11) is 0. The first-order chi connectivity index (χ1) is 15.9. The zero-order valence-corrected chi connectivity index (χ0v) is 17.9. The minimum absolute atomic E-state index is 0.00976. The third-order valence-corrected chi connectivity index (χ3v) is 5.68. The lowest BCUT2D eigenvalue weighted by molar-refractivity contribution is -0.139. The van der Waals surface area contributed by atoms with Crippen molar-refractivity contribution in [3.8, 4) is 5.75 Å². The smallest absolute Gasteiger partial charge is 0.322 e. The highest BCUT2D eigenvalue weighted by atomic mass is 16.5. The van der Waals surface area contributed by atoms with Crippen molar-refractivity contribution in [1.29, 1.82) is 0 Å². The van der Waals surface area contributed by atoms with E-state index in [1.807, 2.05) is 24.3 Å². The molecule has 1 aliphatic heterocycles. The molecular weight excluding hydrogens is 426 g/mol. The number of carboxylic acids is 1. The van der Waals surface area contributed by atoms with Gasteiger partial charge in [0.25, 0.3) is 11.8 Å². The molecule has 4 rings (SSSR count). The molecule has 0 spiro atoms. The molecule has 0 saturated heterocycles. The molecule has 2 aromatic rings. The predicted octanol–water partition coefficient (Wildman–Crippen LogP) is 2.36. The Morgan fingerprint density at radius 3 is 2.58 bits per heavy atom. The van der Waals surface area contributed by atoms with Crippen LogP contribution < -0.4 is 10.1 Å². The third kappa shape index (κ3) is 5.49. The number of nitrogens with zero attached hydrogens (tertiary/aromatic N) is 2. The summed E-state index contributed by atoms with van der Waals surface area (Å²) in [6, 6.07) is 10.4. The van der Waals surface area contributed by atoms with Gasteiger partial charge in [0.05, 0.1) is 12.6 Å². The van der Waals surface area contributed by atoms with Gasteiger partial charge in [0, 0.05) is 25.4 Å². The number of rotatable bonds is 9. The molecule has 0 radical (unpaired) electrons. The highest BCUT2D eigenvalue weighted by molar-refractivity contribution is 6.19. The van der Waals surface area contributed by atoms with Crippen molar-refractivity contribution in [3.05, 3.63) is 71.3 Å². The average Bonchev–Trinajstić information content (AvgIpc) is 3.64. The second-order valence-corrected chi connectivity index (χ2v) is 8.24. The van der Waals surface area contributed by atoms with Crippen LogP contribution in [0.4, 0.5) is 0 Å². The molecule has 2 aliphatic rings. The van der Waals surface area contributed by atoms with E-state index in [4.69, 9.17) is 9.84 Å². The summed E-state index contributed by atoms with van der Waals surface area (Å²) in [6.07, 6.45) is 5.64. The van der Waals surface area contributed by atoms with E-state index < -0.39 is 35.9 Å². The van der Waals surface area contributed by atoms with E-state index in [1.165, 1.54) is 17.7 Å². The monoisotopic (exact) mass is 451 g/mol. The lowest BCUT2D eigenvalue weighted by Gasteiger charge is -2.36. The van der Waals surface area contributed by atoms with E-state index in [-0.39, 0.29) is 18.7 Å². The number of aliphatic hydroxyl groups excluding tert-OH is 1. The molecule has 0 unspecified atom stereocenters. The lowest BCUT2D eigenvalue weighted by Crippen LogP contribution is -2.44. The Kier molecular flexibility index (Phi) is 6.58. The summed E-state index contributed by atoms with van der Waals surface area (Å²) in [4.78, 5) is 42.2. The Bertz CT molecular complexity index is 1060.